The van der Waals surface area contributed by atoms with Crippen molar-refractivity contribution in [1.82, 2.24) is 0 Å². The smallest absolute Gasteiger partial charge is 0.314 e. The first kappa shape index (κ1) is 14.2. The quantitative estimate of drug-likeness (QED) is 0.482. The van der Waals surface area contributed by atoms with Crippen LogP contribution < -0.4 is 0 Å². The van der Waals surface area contributed by atoms with Gasteiger partial charge in [0.2, 0.25) is 0 Å². The Morgan fingerprint density at radius 1 is 1.53 bits per heavy atom. The van der Waals surface area contributed by atoms with Crippen molar-refractivity contribution in [3.63, 3.8) is 0 Å². The molecule has 0 aliphatic rings. The Kier molecular flexibility index (Phi) is 6.25. The van der Waals surface area contributed by atoms with Gasteiger partial charge >= 0.3 is 5.97 Å². The van der Waals surface area contributed by atoms with E-state index in [0.29, 0.717) is 13.0 Å². The van der Waals surface area contributed by atoms with Crippen LogP contribution in [0.1, 0.15) is 33.6 Å². The normalized spacial score (nSPS) is 16.5. The highest BCUT2D eigenvalue weighted by Gasteiger charge is 2.41. The molecule has 3 nitrogen and oxygen atoms in total. The van der Waals surface area contributed by atoms with Crippen LogP contribution in [-0.2, 0) is 14.3 Å². The molecule has 0 aromatic rings. The monoisotopic (exact) mass is 214 g/mol. The molecule has 3 heteroatoms. The molecule has 0 saturated carbocycles. The Hall–Kier alpha value is -0.830. The van der Waals surface area contributed by atoms with Crippen LogP contribution in [0.2, 0.25) is 0 Å². The molecule has 15 heavy (non-hydrogen) atoms. The molecular formula is C12H22O3. The highest BCUT2D eigenvalue weighted by Crippen LogP contribution is 2.32. The molecule has 0 N–H and O–H groups in total. The summed E-state index contributed by atoms with van der Waals surface area (Å²) in [7, 11) is 1.62. The number of carbonyl (C=O) groups excluding carboxylic acids is 1. The number of rotatable bonds is 7. The number of allylic oxidation sites excluding steroid dienone is 1. The lowest BCUT2D eigenvalue weighted by Crippen LogP contribution is -2.41. The third-order valence-electron chi connectivity index (χ3n) is 2.68. The van der Waals surface area contributed by atoms with Crippen molar-refractivity contribution in [3.05, 3.63) is 12.7 Å². The van der Waals surface area contributed by atoms with Gasteiger partial charge in [-0.3, -0.25) is 4.79 Å². The third-order valence-corrected chi connectivity index (χ3v) is 2.68. The summed E-state index contributed by atoms with van der Waals surface area (Å²) in [6.07, 6.45) is 2.95. The average molecular weight is 214 g/mol. The molecule has 88 valence electrons. The van der Waals surface area contributed by atoms with Gasteiger partial charge in [0.15, 0.2) is 0 Å². The zero-order chi connectivity index (χ0) is 11.9. The number of esters is 1. The molecule has 0 aromatic carbocycles. The summed E-state index contributed by atoms with van der Waals surface area (Å²) in [4.78, 5) is 11.9. The topological polar surface area (TPSA) is 35.5 Å². The van der Waals surface area contributed by atoms with E-state index in [1.165, 1.54) is 0 Å². The van der Waals surface area contributed by atoms with E-state index in [1.807, 2.05) is 13.8 Å². The van der Waals surface area contributed by atoms with E-state index < -0.39 is 5.41 Å². The van der Waals surface area contributed by atoms with Crippen molar-refractivity contribution in [2.75, 3.05) is 13.7 Å². The summed E-state index contributed by atoms with van der Waals surface area (Å²) < 4.78 is 10.4. The molecule has 0 fully saturated rings. The lowest BCUT2D eigenvalue weighted by molar-refractivity contribution is -0.163. The zero-order valence-electron chi connectivity index (χ0n) is 10.2. The van der Waals surface area contributed by atoms with Crippen molar-refractivity contribution in [2.45, 2.75) is 39.7 Å². The van der Waals surface area contributed by atoms with Crippen LogP contribution in [0.3, 0.4) is 0 Å². The Morgan fingerprint density at radius 2 is 2.13 bits per heavy atom. The maximum Gasteiger partial charge on any atom is 0.314 e. The van der Waals surface area contributed by atoms with Crippen LogP contribution in [-0.4, -0.2) is 25.8 Å². The summed E-state index contributed by atoms with van der Waals surface area (Å²) in [6.45, 7) is 9.74. The predicted molar refractivity (Wildman–Crippen MR) is 60.6 cm³/mol. The van der Waals surface area contributed by atoms with Gasteiger partial charge in [-0.15, -0.1) is 6.58 Å². The average Bonchev–Trinajstić information content (AvgIpc) is 2.20. The van der Waals surface area contributed by atoms with E-state index >= 15 is 0 Å². The van der Waals surface area contributed by atoms with Crippen LogP contribution in [0, 0.1) is 5.41 Å². The maximum absolute atomic E-state index is 11.9. The van der Waals surface area contributed by atoms with E-state index in [-0.39, 0.29) is 12.1 Å². The molecule has 0 unspecified atom stereocenters. The van der Waals surface area contributed by atoms with Crippen molar-refractivity contribution in [1.29, 1.82) is 0 Å². The van der Waals surface area contributed by atoms with Crippen LogP contribution in [0.25, 0.3) is 0 Å². The molecule has 0 heterocycles. The molecule has 0 bridgehead atoms. The van der Waals surface area contributed by atoms with Crippen LogP contribution in [0.5, 0.6) is 0 Å². The molecular weight excluding hydrogens is 192 g/mol. The first-order valence-corrected chi connectivity index (χ1v) is 5.37. The number of carbonyl (C=O) groups is 1. The molecule has 0 radical (unpaired) electrons. The highest BCUT2D eigenvalue weighted by molar-refractivity contribution is 5.77. The Bertz CT molecular complexity index is 209. The second kappa shape index (κ2) is 6.62. The second-order valence-electron chi connectivity index (χ2n) is 3.76. The molecule has 0 amide bonds. The van der Waals surface area contributed by atoms with Gasteiger partial charge in [0.25, 0.3) is 0 Å². The van der Waals surface area contributed by atoms with E-state index in [1.54, 1.807) is 20.1 Å². The predicted octanol–water partition coefficient (Wildman–Crippen LogP) is 2.56. The summed E-state index contributed by atoms with van der Waals surface area (Å²) in [5, 5.41) is 0. The molecule has 0 saturated heterocycles. The number of hydrogen-bond acceptors (Lipinski definition) is 3. The van der Waals surface area contributed by atoms with E-state index in [9.17, 15) is 4.79 Å². The van der Waals surface area contributed by atoms with Gasteiger partial charge in [-0.2, -0.15) is 0 Å². The van der Waals surface area contributed by atoms with Gasteiger partial charge in [0.1, 0.15) is 0 Å². The fraction of sp³-hybridized carbons (Fsp3) is 0.750. The third kappa shape index (κ3) is 3.34. The summed E-state index contributed by atoms with van der Waals surface area (Å²) in [6, 6.07) is 0. The Morgan fingerprint density at radius 3 is 2.47 bits per heavy atom. The maximum atomic E-state index is 11.9. The molecule has 0 aliphatic heterocycles. The molecule has 0 rings (SSSR count). The lowest BCUT2D eigenvalue weighted by Gasteiger charge is -2.33. The minimum atomic E-state index is -0.624. The SMILES string of the molecule is C=CC[C@](C)(C(=O)OCC)[C@@H](CC)OC. The first-order valence-electron chi connectivity index (χ1n) is 5.37. The van der Waals surface area contributed by atoms with E-state index in [0.717, 1.165) is 6.42 Å². The summed E-state index contributed by atoms with van der Waals surface area (Å²) >= 11 is 0. The Balaban J connectivity index is 4.84. The van der Waals surface area contributed by atoms with E-state index in [4.69, 9.17) is 9.47 Å². The highest BCUT2D eigenvalue weighted by atomic mass is 16.5. The molecule has 0 spiro atoms. The zero-order valence-corrected chi connectivity index (χ0v) is 10.2. The van der Waals surface area contributed by atoms with Gasteiger partial charge in [0.05, 0.1) is 18.1 Å². The van der Waals surface area contributed by atoms with Gasteiger partial charge in [0, 0.05) is 7.11 Å². The lowest BCUT2D eigenvalue weighted by atomic mass is 9.79. The van der Waals surface area contributed by atoms with Crippen molar-refractivity contribution in [2.24, 2.45) is 5.41 Å². The number of ether oxygens (including phenoxy) is 2. The minimum Gasteiger partial charge on any atom is -0.465 e. The molecule has 0 aliphatic carbocycles. The van der Waals surface area contributed by atoms with E-state index in [2.05, 4.69) is 6.58 Å². The van der Waals surface area contributed by atoms with Gasteiger partial charge in [-0.1, -0.05) is 13.0 Å². The summed E-state index contributed by atoms with van der Waals surface area (Å²) in [5.41, 5.74) is -0.624. The first-order chi connectivity index (χ1) is 7.06. The number of hydrogen-bond donors (Lipinski definition) is 0. The minimum absolute atomic E-state index is 0.130. The summed E-state index contributed by atoms with van der Waals surface area (Å²) in [5.74, 6) is -0.210. The van der Waals surface area contributed by atoms with Crippen molar-refractivity contribution in [3.8, 4) is 0 Å². The van der Waals surface area contributed by atoms with Crippen LogP contribution >= 0.6 is 0 Å². The molecule has 2 atom stereocenters. The Labute approximate surface area is 92.5 Å². The van der Waals surface area contributed by atoms with Crippen LogP contribution in [0.15, 0.2) is 12.7 Å². The fourth-order valence-corrected chi connectivity index (χ4v) is 1.82. The van der Waals surface area contributed by atoms with Gasteiger partial charge < -0.3 is 9.47 Å². The van der Waals surface area contributed by atoms with Gasteiger partial charge in [-0.25, -0.2) is 0 Å². The fourth-order valence-electron chi connectivity index (χ4n) is 1.82. The van der Waals surface area contributed by atoms with Crippen LogP contribution in [0.4, 0.5) is 0 Å². The second-order valence-corrected chi connectivity index (χ2v) is 3.76. The van der Waals surface area contributed by atoms with Crippen molar-refractivity contribution < 1.29 is 14.3 Å². The number of methoxy groups -OCH3 is 1. The largest absolute Gasteiger partial charge is 0.465 e. The van der Waals surface area contributed by atoms with Crippen molar-refractivity contribution >= 4 is 5.97 Å². The molecule has 0 aromatic heterocycles. The van der Waals surface area contributed by atoms with Gasteiger partial charge in [-0.05, 0) is 26.7 Å². The standard InChI is InChI=1S/C12H22O3/c1-6-9-12(4,10(7-2)14-5)11(13)15-8-3/h6,10H,1,7-9H2,2-5H3/t10-,12+/m1/s1.